The van der Waals surface area contributed by atoms with Crippen LogP contribution < -0.4 is 0 Å². The van der Waals surface area contributed by atoms with Crippen LogP contribution in [0.2, 0.25) is 0 Å². The average molecular weight is 357 g/mol. The van der Waals surface area contributed by atoms with Gasteiger partial charge in [-0.2, -0.15) is 13.2 Å². The van der Waals surface area contributed by atoms with Crippen LogP contribution in [0.1, 0.15) is 62.1 Å². The number of benzene rings is 2. The van der Waals surface area contributed by atoms with Crippen molar-refractivity contribution in [2.24, 2.45) is 0 Å². The Hall–Kier alpha value is -2.63. The Balaban J connectivity index is 1.58. The maximum atomic E-state index is 13.5. The maximum absolute atomic E-state index is 13.5. The van der Waals surface area contributed by atoms with E-state index in [2.05, 4.69) is 0 Å². The number of hydrogen-bond acceptors (Lipinski definition) is 2. The first kappa shape index (κ1) is 15.6. The number of nitrogens with zero attached hydrogens (tertiary/aromatic N) is 1. The summed E-state index contributed by atoms with van der Waals surface area (Å²) in [5, 5.41) is 0. The molecule has 3 nitrogen and oxygen atoms in total. The van der Waals surface area contributed by atoms with Crippen molar-refractivity contribution in [3.05, 3.63) is 70.3 Å². The molecule has 0 aromatic heterocycles. The first-order valence-corrected chi connectivity index (χ1v) is 8.55. The van der Waals surface area contributed by atoms with Crippen LogP contribution in [0.25, 0.3) is 0 Å². The smallest absolute Gasteiger partial charge is 0.271 e. The van der Waals surface area contributed by atoms with Gasteiger partial charge in [0.2, 0.25) is 0 Å². The molecule has 2 bridgehead atoms. The minimum atomic E-state index is -4.44. The number of carbonyl (C=O) groups is 2. The van der Waals surface area contributed by atoms with Gasteiger partial charge in [-0.05, 0) is 48.1 Å². The summed E-state index contributed by atoms with van der Waals surface area (Å²) in [6.45, 7) is 0. The molecule has 2 amide bonds. The SMILES string of the molecule is O=C1c2ccccc2C(=O)N1[C@@H]1C[C@@H]2C[C@H]1c1c2cccc1C(F)(F)F. The molecule has 132 valence electrons. The summed E-state index contributed by atoms with van der Waals surface area (Å²) in [7, 11) is 0. The van der Waals surface area contributed by atoms with E-state index in [0.29, 0.717) is 24.0 Å². The van der Waals surface area contributed by atoms with E-state index in [0.717, 1.165) is 11.6 Å². The van der Waals surface area contributed by atoms with E-state index in [-0.39, 0.29) is 11.5 Å². The van der Waals surface area contributed by atoms with Gasteiger partial charge < -0.3 is 0 Å². The third-order valence-corrected chi connectivity index (χ3v) is 5.94. The molecule has 6 heteroatoms. The Morgan fingerprint density at radius 1 is 0.885 bits per heavy atom. The fraction of sp³-hybridized carbons (Fsp3) is 0.300. The first-order valence-electron chi connectivity index (χ1n) is 8.55. The van der Waals surface area contributed by atoms with Crippen molar-refractivity contribution in [1.82, 2.24) is 4.90 Å². The van der Waals surface area contributed by atoms with Gasteiger partial charge in [-0.3, -0.25) is 14.5 Å². The minimum absolute atomic E-state index is 0.0355. The fourth-order valence-corrected chi connectivity index (χ4v) is 4.97. The Kier molecular flexibility index (Phi) is 2.98. The zero-order valence-corrected chi connectivity index (χ0v) is 13.6. The van der Waals surface area contributed by atoms with E-state index in [1.165, 1.54) is 11.0 Å². The minimum Gasteiger partial charge on any atom is -0.271 e. The lowest BCUT2D eigenvalue weighted by molar-refractivity contribution is -0.138. The Labute approximate surface area is 147 Å². The van der Waals surface area contributed by atoms with Crippen LogP contribution >= 0.6 is 0 Å². The highest BCUT2D eigenvalue weighted by molar-refractivity contribution is 6.21. The molecule has 0 spiro atoms. The number of alkyl halides is 3. The van der Waals surface area contributed by atoms with Gasteiger partial charge in [-0.15, -0.1) is 0 Å². The maximum Gasteiger partial charge on any atom is 0.416 e. The predicted octanol–water partition coefficient (Wildman–Crippen LogP) is 4.34. The van der Waals surface area contributed by atoms with Gasteiger partial charge in [0.25, 0.3) is 11.8 Å². The first-order chi connectivity index (χ1) is 12.4. The summed E-state index contributed by atoms with van der Waals surface area (Å²) in [5.41, 5.74) is 1.04. The number of carbonyl (C=O) groups excluding carboxylic acids is 2. The summed E-state index contributed by atoms with van der Waals surface area (Å²) in [6, 6.07) is 10.3. The normalized spacial score (nSPS) is 26.4. The molecule has 1 saturated carbocycles. The van der Waals surface area contributed by atoms with Crippen molar-refractivity contribution in [1.29, 1.82) is 0 Å². The third kappa shape index (κ3) is 1.90. The monoisotopic (exact) mass is 357 g/mol. The second kappa shape index (κ2) is 4.96. The lowest BCUT2D eigenvalue weighted by Gasteiger charge is -2.32. The van der Waals surface area contributed by atoms with Crippen LogP contribution in [0, 0.1) is 0 Å². The van der Waals surface area contributed by atoms with E-state index in [1.807, 2.05) is 0 Å². The predicted molar refractivity (Wildman–Crippen MR) is 86.9 cm³/mol. The van der Waals surface area contributed by atoms with Gasteiger partial charge in [0.1, 0.15) is 0 Å². The average Bonchev–Trinajstić information content (AvgIpc) is 3.26. The summed E-state index contributed by atoms with van der Waals surface area (Å²) in [5.74, 6) is -1.27. The number of imide groups is 1. The molecule has 0 unspecified atom stereocenters. The van der Waals surface area contributed by atoms with Gasteiger partial charge in [0.05, 0.1) is 16.7 Å². The molecule has 1 heterocycles. The standard InChI is InChI=1S/C20H14F3NO2/c21-20(22,23)15-7-3-6-11-10-8-14(17(11)15)16(9-10)24-18(25)12-4-1-2-5-13(12)19(24)26/h1-7,10,14,16H,8-9H2/t10-,14+,16+/m0/s1. The van der Waals surface area contributed by atoms with Gasteiger partial charge in [-0.25, -0.2) is 0 Å². The van der Waals surface area contributed by atoms with Crippen molar-refractivity contribution in [3.63, 3.8) is 0 Å². The molecule has 3 atom stereocenters. The molecule has 3 aliphatic rings. The van der Waals surface area contributed by atoms with Crippen molar-refractivity contribution in [2.75, 3.05) is 0 Å². The largest absolute Gasteiger partial charge is 0.416 e. The van der Waals surface area contributed by atoms with Gasteiger partial charge in [0, 0.05) is 12.0 Å². The molecule has 0 saturated heterocycles. The molecule has 26 heavy (non-hydrogen) atoms. The van der Waals surface area contributed by atoms with Crippen LogP contribution in [0.3, 0.4) is 0 Å². The number of halogens is 3. The molecule has 1 aliphatic heterocycles. The summed E-state index contributed by atoms with van der Waals surface area (Å²) >= 11 is 0. The molecule has 1 fully saturated rings. The van der Waals surface area contributed by atoms with Crippen molar-refractivity contribution < 1.29 is 22.8 Å². The summed E-state index contributed by atoms with van der Waals surface area (Å²) < 4.78 is 40.5. The van der Waals surface area contributed by atoms with Crippen molar-refractivity contribution in [2.45, 2.75) is 36.9 Å². The number of amides is 2. The molecular weight excluding hydrogens is 343 g/mol. The van der Waals surface area contributed by atoms with Gasteiger partial charge >= 0.3 is 6.18 Å². The third-order valence-electron chi connectivity index (χ3n) is 5.94. The molecule has 0 radical (unpaired) electrons. The quantitative estimate of drug-likeness (QED) is 0.712. The van der Waals surface area contributed by atoms with E-state index in [1.54, 1.807) is 30.3 Å². The second-order valence-electron chi connectivity index (χ2n) is 7.17. The topological polar surface area (TPSA) is 37.4 Å². The van der Waals surface area contributed by atoms with E-state index >= 15 is 0 Å². The van der Waals surface area contributed by atoms with Gasteiger partial charge in [-0.1, -0.05) is 24.3 Å². The van der Waals surface area contributed by atoms with Crippen LogP contribution in [0.4, 0.5) is 13.2 Å². The van der Waals surface area contributed by atoms with Crippen molar-refractivity contribution in [3.8, 4) is 0 Å². The zero-order chi connectivity index (χ0) is 18.2. The van der Waals surface area contributed by atoms with Crippen molar-refractivity contribution >= 4 is 11.8 Å². The highest BCUT2D eigenvalue weighted by Crippen LogP contribution is 2.58. The van der Waals surface area contributed by atoms with Gasteiger partial charge in [0.15, 0.2) is 0 Å². The van der Waals surface area contributed by atoms with Crippen LogP contribution in [-0.2, 0) is 6.18 Å². The number of fused-ring (bicyclic) bond motifs is 6. The Bertz CT molecular complexity index is 931. The Morgan fingerprint density at radius 3 is 2.15 bits per heavy atom. The summed E-state index contributed by atoms with van der Waals surface area (Å²) in [4.78, 5) is 26.7. The van der Waals surface area contributed by atoms with E-state index in [9.17, 15) is 22.8 Å². The molecule has 2 aliphatic carbocycles. The Morgan fingerprint density at radius 2 is 1.54 bits per heavy atom. The number of rotatable bonds is 1. The molecule has 2 aromatic rings. The van der Waals surface area contributed by atoms with Crippen LogP contribution in [0.5, 0.6) is 0 Å². The second-order valence-corrected chi connectivity index (χ2v) is 7.17. The van der Waals surface area contributed by atoms with Crippen LogP contribution in [0.15, 0.2) is 42.5 Å². The zero-order valence-electron chi connectivity index (χ0n) is 13.6. The molecule has 5 rings (SSSR count). The number of hydrogen-bond donors (Lipinski definition) is 0. The molecular formula is C20H14F3NO2. The fourth-order valence-electron chi connectivity index (χ4n) is 4.97. The van der Waals surface area contributed by atoms with E-state index in [4.69, 9.17) is 0 Å². The molecule has 2 aromatic carbocycles. The van der Waals surface area contributed by atoms with E-state index < -0.39 is 35.5 Å². The van der Waals surface area contributed by atoms with Crippen LogP contribution in [-0.4, -0.2) is 22.8 Å². The highest BCUT2D eigenvalue weighted by atomic mass is 19.4. The lowest BCUT2D eigenvalue weighted by atomic mass is 9.84. The highest BCUT2D eigenvalue weighted by Gasteiger charge is 2.54. The molecule has 0 N–H and O–H groups in total. The summed E-state index contributed by atoms with van der Waals surface area (Å²) in [6.07, 6.45) is -3.35. The lowest BCUT2D eigenvalue weighted by Crippen LogP contribution is -2.42.